The van der Waals surface area contributed by atoms with E-state index in [1.54, 1.807) is 6.92 Å². The Bertz CT molecular complexity index is 477. The predicted molar refractivity (Wildman–Crippen MR) is 69.4 cm³/mol. The molecule has 1 atom stereocenters. The molecule has 19 heavy (non-hydrogen) atoms. The number of hydrogen-bond acceptors (Lipinski definition) is 3. The lowest BCUT2D eigenvalue weighted by molar-refractivity contribution is -0.119. The van der Waals surface area contributed by atoms with E-state index < -0.39 is 11.8 Å². The number of carbonyl (C=O) groups excluding carboxylic acids is 1. The molecule has 0 aliphatic rings. The minimum atomic E-state index is -1.21. The molecule has 0 radical (unpaired) electrons. The molecule has 0 aromatic heterocycles. The van der Waals surface area contributed by atoms with Crippen molar-refractivity contribution in [2.75, 3.05) is 11.9 Å². The van der Waals surface area contributed by atoms with Crippen LogP contribution in [0.2, 0.25) is 0 Å². The van der Waals surface area contributed by atoms with Gasteiger partial charge in [0, 0.05) is 5.92 Å². The van der Waals surface area contributed by atoms with Crippen molar-refractivity contribution in [2.24, 2.45) is 11.7 Å². The molecule has 1 aromatic rings. The smallest absolute Gasteiger partial charge is 0.335 e. The predicted octanol–water partition coefficient (Wildman–Crippen LogP) is 1.84. The summed E-state index contributed by atoms with van der Waals surface area (Å²) in [5.41, 5.74) is 5.17. The van der Waals surface area contributed by atoms with Crippen molar-refractivity contribution in [3.63, 3.8) is 0 Å². The van der Waals surface area contributed by atoms with E-state index in [0.29, 0.717) is 13.0 Å². The van der Waals surface area contributed by atoms with Crippen LogP contribution in [0, 0.1) is 11.7 Å². The fourth-order valence-corrected chi connectivity index (χ4v) is 1.56. The molecule has 0 aliphatic heterocycles. The van der Waals surface area contributed by atoms with Crippen LogP contribution in [0.3, 0.4) is 0 Å². The molecule has 0 fully saturated rings. The van der Waals surface area contributed by atoms with E-state index in [2.05, 4.69) is 5.32 Å². The number of hydrogen-bond donors (Lipinski definition) is 3. The first kappa shape index (κ1) is 15.1. The molecule has 0 aliphatic carbocycles. The normalized spacial score (nSPS) is 11.9. The molecular formula is C13H17FN2O3. The molecule has 1 aromatic carbocycles. The average Bonchev–Trinajstić information content (AvgIpc) is 2.37. The first-order valence-corrected chi connectivity index (χ1v) is 5.99. The standard InChI is InChI=1S/C13H17FN2O3/c1-8(3-2-6-15)12(17)16-11-5-4-9(13(18)19)7-10(11)14/h4-5,7-8H,2-3,6,15H2,1H3,(H,16,17)(H,18,19). The van der Waals surface area contributed by atoms with Gasteiger partial charge in [-0.2, -0.15) is 0 Å². The number of rotatable bonds is 6. The molecule has 1 amide bonds. The summed E-state index contributed by atoms with van der Waals surface area (Å²) >= 11 is 0. The Morgan fingerprint density at radius 1 is 1.47 bits per heavy atom. The number of carboxylic acid groups (broad SMARTS) is 1. The third-order valence-corrected chi connectivity index (χ3v) is 2.76. The first-order valence-electron chi connectivity index (χ1n) is 5.99. The molecule has 1 unspecified atom stereocenters. The van der Waals surface area contributed by atoms with Gasteiger partial charge in [-0.15, -0.1) is 0 Å². The lowest BCUT2D eigenvalue weighted by atomic mass is 10.0. The van der Waals surface area contributed by atoms with Crippen molar-refractivity contribution in [3.05, 3.63) is 29.6 Å². The summed E-state index contributed by atoms with van der Waals surface area (Å²) in [5, 5.41) is 11.1. The SMILES string of the molecule is CC(CCCN)C(=O)Nc1ccc(C(=O)O)cc1F. The zero-order chi connectivity index (χ0) is 14.4. The van der Waals surface area contributed by atoms with Gasteiger partial charge in [-0.3, -0.25) is 4.79 Å². The summed E-state index contributed by atoms with van der Waals surface area (Å²) in [7, 11) is 0. The van der Waals surface area contributed by atoms with Crippen molar-refractivity contribution < 1.29 is 19.1 Å². The monoisotopic (exact) mass is 268 g/mol. The Balaban J connectivity index is 2.72. The number of carboxylic acids is 1. The fourth-order valence-electron chi connectivity index (χ4n) is 1.56. The van der Waals surface area contributed by atoms with Crippen molar-refractivity contribution >= 4 is 17.6 Å². The van der Waals surface area contributed by atoms with Crippen LogP contribution < -0.4 is 11.1 Å². The van der Waals surface area contributed by atoms with E-state index in [1.165, 1.54) is 12.1 Å². The third-order valence-electron chi connectivity index (χ3n) is 2.76. The fraction of sp³-hybridized carbons (Fsp3) is 0.385. The van der Waals surface area contributed by atoms with Crippen LogP contribution in [0.5, 0.6) is 0 Å². The molecule has 5 nitrogen and oxygen atoms in total. The van der Waals surface area contributed by atoms with Crippen LogP contribution >= 0.6 is 0 Å². The number of nitrogens with two attached hydrogens (primary N) is 1. The van der Waals surface area contributed by atoms with Gasteiger partial charge in [0.05, 0.1) is 11.3 Å². The Hall–Kier alpha value is -1.95. The van der Waals surface area contributed by atoms with Gasteiger partial charge in [-0.25, -0.2) is 9.18 Å². The number of aromatic carboxylic acids is 1. The highest BCUT2D eigenvalue weighted by Crippen LogP contribution is 2.17. The minimum absolute atomic E-state index is 0.0189. The second kappa shape index (κ2) is 6.84. The number of halogens is 1. The molecule has 0 saturated heterocycles. The van der Waals surface area contributed by atoms with Gasteiger partial charge in [0.25, 0.3) is 0 Å². The highest BCUT2D eigenvalue weighted by atomic mass is 19.1. The second-order valence-corrected chi connectivity index (χ2v) is 4.32. The van der Waals surface area contributed by atoms with Crippen molar-refractivity contribution in [3.8, 4) is 0 Å². The van der Waals surface area contributed by atoms with E-state index >= 15 is 0 Å². The zero-order valence-corrected chi connectivity index (χ0v) is 10.6. The van der Waals surface area contributed by atoms with Crippen molar-refractivity contribution in [2.45, 2.75) is 19.8 Å². The van der Waals surface area contributed by atoms with E-state index in [9.17, 15) is 14.0 Å². The molecule has 6 heteroatoms. The van der Waals surface area contributed by atoms with Gasteiger partial charge in [-0.05, 0) is 37.6 Å². The largest absolute Gasteiger partial charge is 0.478 e. The summed E-state index contributed by atoms with van der Waals surface area (Å²) in [6, 6.07) is 3.36. The van der Waals surface area contributed by atoms with Gasteiger partial charge in [0.15, 0.2) is 0 Å². The zero-order valence-electron chi connectivity index (χ0n) is 10.6. The molecule has 104 valence electrons. The first-order chi connectivity index (χ1) is 8.95. The van der Waals surface area contributed by atoms with E-state index in [-0.39, 0.29) is 23.1 Å². The van der Waals surface area contributed by atoms with Crippen molar-refractivity contribution in [1.29, 1.82) is 0 Å². The molecule has 0 spiro atoms. The topological polar surface area (TPSA) is 92.4 Å². The Morgan fingerprint density at radius 2 is 2.16 bits per heavy atom. The van der Waals surface area contributed by atoms with Gasteiger partial charge < -0.3 is 16.2 Å². The van der Waals surface area contributed by atoms with Crippen LogP contribution in [0.15, 0.2) is 18.2 Å². The van der Waals surface area contributed by atoms with Crippen LogP contribution in [0.4, 0.5) is 10.1 Å². The summed E-state index contributed by atoms with van der Waals surface area (Å²) in [6.45, 7) is 2.23. The summed E-state index contributed by atoms with van der Waals surface area (Å²) in [4.78, 5) is 22.4. The quantitative estimate of drug-likeness (QED) is 0.734. The molecule has 4 N–H and O–H groups in total. The number of carbonyl (C=O) groups is 2. The van der Waals surface area contributed by atoms with Crippen LogP contribution in [0.25, 0.3) is 0 Å². The molecule has 1 rings (SSSR count). The number of amides is 1. The summed E-state index contributed by atoms with van der Waals surface area (Å²) in [6.07, 6.45) is 1.34. The highest BCUT2D eigenvalue weighted by Gasteiger charge is 2.15. The molecule has 0 saturated carbocycles. The lowest BCUT2D eigenvalue weighted by Gasteiger charge is -2.12. The molecule has 0 bridgehead atoms. The summed E-state index contributed by atoms with van der Waals surface area (Å²) < 4.78 is 13.6. The van der Waals surface area contributed by atoms with Gasteiger partial charge in [-0.1, -0.05) is 6.92 Å². The maximum Gasteiger partial charge on any atom is 0.335 e. The highest BCUT2D eigenvalue weighted by molar-refractivity contribution is 5.93. The average molecular weight is 268 g/mol. The Kier molecular flexibility index (Phi) is 5.44. The number of anilines is 1. The number of benzene rings is 1. The van der Waals surface area contributed by atoms with E-state index in [4.69, 9.17) is 10.8 Å². The molecular weight excluding hydrogens is 251 g/mol. The van der Waals surface area contributed by atoms with Gasteiger partial charge in [0.1, 0.15) is 5.82 Å². The lowest BCUT2D eigenvalue weighted by Crippen LogP contribution is -2.21. The number of nitrogens with one attached hydrogen (secondary N) is 1. The van der Waals surface area contributed by atoms with Crippen molar-refractivity contribution in [1.82, 2.24) is 0 Å². The van der Waals surface area contributed by atoms with Crippen LogP contribution in [0.1, 0.15) is 30.1 Å². The molecule has 0 heterocycles. The maximum absolute atomic E-state index is 13.6. The van der Waals surface area contributed by atoms with E-state index in [1.807, 2.05) is 0 Å². The van der Waals surface area contributed by atoms with Crippen LogP contribution in [-0.2, 0) is 4.79 Å². The third kappa shape index (κ3) is 4.33. The Labute approximate surface area is 110 Å². The maximum atomic E-state index is 13.6. The van der Waals surface area contributed by atoms with Crippen LogP contribution in [-0.4, -0.2) is 23.5 Å². The van der Waals surface area contributed by atoms with Gasteiger partial charge >= 0.3 is 5.97 Å². The minimum Gasteiger partial charge on any atom is -0.478 e. The summed E-state index contributed by atoms with van der Waals surface area (Å²) in [5.74, 6) is -2.56. The van der Waals surface area contributed by atoms with Gasteiger partial charge in [0.2, 0.25) is 5.91 Å². The second-order valence-electron chi connectivity index (χ2n) is 4.32. The van der Waals surface area contributed by atoms with E-state index in [0.717, 1.165) is 12.5 Å². The Morgan fingerprint density at radius 3 is 2.68 bits per heavy atom.